The minimum atomic E-state index is -0.114. The molecule has 0 aromatic carbocycles. The zero-order chi connectivity index (χ0) is 11.3. The van der Waals surface area contributed by atoms with Crippen LogP contribution in [0.15, 0.2) is 0 Å². The molecule has 0 spiro atoms. The zero-order valence-corrected chi connectivity index (χ0v) is 10.6. The van der Waals surface area contributed by atoms with Crippen molar-refractivity contribution in [2.75, 3.05) is 6.61 Å². The van der Waals surface area contributed by atoms with E-state index in [4.69, 9.17) is 10.5 Å². The average molecular weight is 213 g/mol. The Hall–Kier alpha value is -0.0800. The van der Waals surface area contributed by atoms with E-state index in [1.165, 1.54) is 25.7 Å². The highest BCUT2D eigenvalue weighted by atomic mass is 16.5. The molecular formula is C13H27NO. The van der Waals surface area contributed by atoms with E-state index >= 15 is 0 Å². The van der Waals surface area contributed by atoms with Gasteiger partial charge in [-0.1, -0.05) is 32.6 Å². The summed E-state index contributed by atoms with van der Waals surface area (Å²) in [5.41, 5.74) is 6.19. The summed E-state index contributed by atoms with van der Waals surface area (Å²) in [7, 11) is 0. The molecule has 2 nitrogen and oxygen atoms in total. The molecule has 2 N–H and O–H groups in total. The number of rotatable bonds is 6. The van der Waals surface area contributed by atoms with Crippen molar-refractivity contribution >= 4 is 0 Å². The molecule has 0 amide bonds. The Kier molecular flexibility index (Phi) is 5.07. The fraction of sp³-hybridized carbons (Fsp3) is 1.00. The molecule has 15 heavy (non-hydrogen) atoms. The maximum absolute atomic E-state index is 6.30. The van der Waals surface area contributed by atoms with Crippen molar-refractivity contribution in [2.24, 2.45) is 11.7 Å². The number of nitrogens with two attached hydrogens (primary N) is 1. The molecule has 0 radical (unpaired) electrons. The van der Waals surface area contributed by atoms with E-state index < -0.39 is 0 Å². The molecule has 0 aliphatic heterocycles. The molecule has 1 saturated carbocycles. The first-order valence-corrected chi connectivity index (χ1v) is 6.52. The predicted octanol–water partition coefficient (Wildman–Crippen LogP) is 3.10. The van der Waals surface area contributed by atoms with Gasteiger partial charge in [-0.05, 0) is 32.6 Å². The number of hydrogen-bond acceptors (Lipinski definition) is 2. The minimum Gasteiger partial charge on any atom is -0.374 e. The molecular weight excluding hydrogens is 186 g/mol. The first-order chi connectivity index (χ1) is 7.12. The quantitative estimate of drug-likeness (QED) is 0.736. The van der Waals surface area contributed by atoms with Crippen LogP contribution in [0.4, 0.5) is 0 Å². The van der Waals surface area contributed by atoms with Crippen LogP contribution in [0.1, 0.15) is 59.3 Å². The van der Waals surface area contributed by atoms with E-state index in [1.807, 2.05) is 0 Å². The Balaban J connectivity index is 2.44. The van der Waals surface area contributed by atoms with Gasteiger partial charge in [0.25, 0.3) is 0 Å². The molecule has 0 bridgehead atoms. The molecule has 1 aliphatic carbocycles. The van der Waals surface area contributed by atoms with Gasteiger partial charge < -0.3 is 10.5 Å². The highest BCUT2D eigenvalue weighted by Gasteiger charge is 2.32. The van der Waals surface area contributed by atoms with Crippen LogP contribution in [-0.4, -0.2) is 18.2 Å². The van der Waals surface area contributed by atoms with Crippen molar-refractivity contribution < 1.29 is 4.74 Å². The summed E-state index contributed by atoms with van der Waals surface area (Å²) < 4.78 is 5.83. The second-order valence-electron chi connectivity index (χ2n) is 5.09. The third kappa shape index (κ3) is 3.46. The second kappa shape index (κ2) is 5.86. The largest absolute Gasteiger partial charge is 0.374 e. The Bertz CT molecular complexity index is 177. The first-order valence-electron chi connectivity index (χ1n) is 6.52. The van der Waals surface area contributed by atoms with E-state index in [0.29, 0.717) is 0 Å². The summed E-state index contributed by atoms with van der Waals surface area (Å²) in [6, 6.07) is 0.200. The SMILES string of the molecule is CCOC(C)(CC)C(N)CC1CCCC1. The number of hydrogen-bond donors (Lipinski definition) is 1. The van der Waals surface area contributed by atoms with Crippen molar-refractivity contribution in [1.29, 1.82) is 0 Å². The second-order valence-corrected chi connectivity index (χ2v) is 5.09. The Morgan fingerprint density at radius 1 is 1.33 bits per heavy atom. The van der Waals surface area contributed by atoms with Crippen molar-refractivity contribution in [3.63, 3.8) is 0 Å². The third-order valence-electron chi connectivity index (χ3n) is 4.02. The van der Waals surface area contributed by atoms with Crippen LogP contribution in [-0.2, 0) is 4.74 Å². The molecule has 0 heterocycles. The van der Waals surface area contributed by atoms with E-state index in [-0.39, 0.29) is 11.6 Å². The molecule has 90 valence electrons. The normalized spacial score (nSPS) is 24.0. The Labute approximate surface area is 94.6 Å². The van der Waals surface area contributed by atoms with E-state index in [2.05, 4.69) is 20.8 Å². The lowest BCUT2D eigenvalue weighted by molar-refractivity contribution is -0.0508. The summed E-state index contributed by atoms with van der Waals surface area (Å²) >= 11 is 0. The lowest BCUT2D eigenvalue weighted by Gasteiger charge is -2.35. The molecule has 0 saturated heterocycles. The molecule has 0 aromatic rings. The van der Waals surface area contributed by atoms with Gasteiger partial charge in [0.05, 0.1) is 5.60 Å². The number of ether oxygens (including phenoxy) is 1. The Morgan fingerprint density at radius 3 is 2.40 bits per heavy atom. The molecule has 2 unspecified atom stereocenters. The Morgan fingerprint density at radius 2 is 1.93 bits per heavy atom. The lowest BCUT2D eigenvalue weighted by atomic mass is 9.86. The van der Waals surface area contributed by atoms with Gasteiger partial charge in [0.1, 0.15) is 0 Å². The van der Waals surface area contributed by atoms with Gasteiger partial charge in [-0.3, -0.25) is 0 Å². The van der Waals surface area contributed by atoms with Crippen LogP contribution in [0.25, 0.3) is 0 Å². The minimum absolute atomic E-state index is 0.114. The summed E-state index contributed by atoms with van der Waals surface area (Å²) in [5, 5.41) is 0. The molecule has 0 aromatic heterocycles. The highest BCUT2D eigenvalue weighted by molar-refractivity contribution is 4.88. The smallest absolute Gasteiger partial charge is 0.0801 e. The summed E-state index contributed by atoms with van der Waals surface area (Å²) in [6.07, 6.45) is 7.70. The first kappa shape index (κ1) is 13.0. The van der Waals surface area contributed by atoms with Crippen molar-refractivity contribution in [3.8, 4) is 0 Å². The van der Waals surface area contributed by atoms with Crippen LogP contribution in [0.2, 0.25) is 0 Å². The predicted molar refractivity (Wildman–Crippen MR) is 64.9 cm³/mol. The third-order valence-corrected chi connectivity index (χ3v) is 4.02. The summed E-state index contributed by atoms with van der Waals surface area (Å²) in [4.78, 5) is 0. The van der Waals surface area contributed by atoms with E-state index in [0.717, 1.165) is 25.4 Å². The summed E-state index contributed by atoms with van der Waals surface area (Å²) in [5.74, 6) is 0.853. The zero-order valence-electron chi connectivity index (χ0n) is 10.6. The van der Waals surface area contributed by atoms with Gasteiger partial charge in [-0.25, -0.2) is 0 Å². The molecule has 2 atom stereocenters. The van der Waals surface area contributed by atoms with Crippen LogP contribution in [0, 0.1) is 5.92 Å². The van der Waals surface area contributed by atoms with Gasteiger partial charge in [0.2, 0.25) is 0 Å². The van der Waals surface area contributed by atoms with Crippen LogP contribution >= 0.6 is 0 Å². The average Bonchev–Trinajstić information content (AvgIpc) is 2.70. The van der Waals surface area contributed by atoms with Crippen LogP contribution < -0.4 is 5.73 Å². The molecule has 1 fully saturated rings. The van der Waals surface area contributed by atoms with Gasteiger partial charge in [-0.2, -0.15) is 0 Å². The topological polar surface area (TPSA) is 35.2 Å². The van der Waals surface area contributed by atoms with Gasteiger partial charge in [0, 0.05) is 12.6 Å². The maximum Gasteiger partial charge on any atom is 0.0801 e. The molecule has 1 aliphatic rings. The molecule has 1 rings (SSSR count). The maximum atomic E-state index is 6.30. The van der Waals surface area contributed by atoms with Gasteiger partial charge in [-0.15, -0.1) is 0 Å². The van der Waals surface area contributed by atoms with Crippen LogP contribution in [0.3, 0.4) is 0 Å². The monoisotopic (exact) mass is 213 g/mol. The van der Waals surface area contributed by atoms with Gasteiger partial charge in [0.15, 0.2) is 0 Å². The lowest BCUT2D eigenvalue weighted by Crippen LogP contribution is -2.48. The van der Waals surface area contributed by atoms with Crippen molar-refractivity contribution in [3.05, 3.63) is 0 Å². The fourth-order valence-electron chi connectivity index (χ4n) is 2.66. The summed E-state index contributed by atoms with van der Waals surface area (Å²) in [6.45, 7) is 7.15. The van der Waals surface area contributed by atoms with E-state index in [9.17, 15) is 0 Å². The fourth-order valence-corrected chi connectivity index (χ4v) is 2.66. The van der Waals surface area contributed by atoms with Crippen molar-refractivity contribution in [1.82, 2.24) is 0 Å². The van der Waals surface area contributed by atoms with E-state index in [1.54, 1.807) is 0 Å². The molecule has 2 heteroatoms. The van der Waals surface area contributed by atoms with Crippen molar-refractivity contribution in [2.45, 2.75) is 70.9 Å². The van der Waals surface area contributed by atoms with Gasteiger partial charge >= 0.3 is 0 Å². The van der Waals surface area contributed by atoms with Crippen LogP contribution in [0.5, 0.6) is 0 Å². The highest BCUT2D eigenvalue weighted by Crippen LogP contribution is 2.32. The standard InChI is InChI=1S/C13H27NO/c1-4-13(3,15-5-2)12(14)10-11-8-6-7-9-11/h11-12H,4-10,14H2,1-3H3.